The molecule has 0 radical (unpaired) electrons. The second-order valence-corrected chi connectivity index (χ2v) is 6.19. The summed E-state index contributed by atoms with van der Waals surface area (Å²) in [4.78, 5) is 0. The third-order valence-corrected chi connectivity index (χ3v) is 4.45. The molecule has 1 aliphatic rings. The van der Waals surface area contributed by atoms with Gasteiger partial charge in [0.2, 0.25) is 0 Å². The Balaban J connectivity index is 2.28. The van der Waals surface area contributed by atoms with Crippen LogP contribution in [0.4, 0.5) is 0 Å². The fourth-order valence-corrected chi connectivity index (χ4v) is 3.06. The lowest BCUT2D eigenvalue weighted by Crippen LogP contribution is -2.32. The topological polar surface area (TPSA) is 26.0 Å². The summed E-state index contributed by atoms with van der Waals surface area (Å²) in [6.45, 7) is 9.82. The van der Waals surface area contributed by atoms with E-state index < -0.39 is 0 Å². The first-order valence-electron chi connectivity index (χ1n) is 6.73. The molecule has 1 fully saturated rings. The van der Waals surface area contributed by atoms with Crippen LogP contribution in [0.5, 0.6) is 0 Å². The van der Waals surface area contributed by atoms with Crippen molar-refractivity contribution >= 4 is 0 Å². The van der Waals surface area contributed by atoms with E-state index in [1.165, 1.54) is 35.1 Å². The number of aryl methyl sites for hydroxylation is 3. The van der Waals surface area contributed by atoms with Gasteiger partial charge in [-0.05, 0) is 74.6 Å². The van der Waals surface area contributed by atoms with Crippen LogP contribution in [0.15, 0.2) is 12.1 Å². The highest BCUT2D eigenvalue weighted by molar-refractivity contribution is 5.38. The highest BCUT2D eigenvalue weighted by Gasteiger charge is 2.40. The Hall–Kier alpha value is -0.820. The molecular formula is C16H25N. The summed E-state index contributed by atoms with van der Waals surface area (Å²) in [5.41, 5.74) is 12.1. The Kier molecular flexibility index (Phi) is 3.31. The minimum Gasteiger partial charge on any atom is -0.330 e. The molecule has 1 nitrogen and oxygen atoms in total. The van der Waals surface area contributed by atoms with E-state index in [9.17, 15) is 0 Å². The number of rotatable bonds is 4. The molecule has 2 rings (SSSR count). The Bertz CT molecular complexity index is 395. The quantitative estimate of drug-likeness (QED) is 0.843. The largest absolute Gasteiger partial charge is 0.330 e. The zero-order valence-electron chi connectivity index (χ0n) is 11.6. The lowest BCUT2D eigenvalue weighted by Gasteiger charge is -2.30. The summed E-state index contributed by atoms with van der Waals surface area (Å²) in [7, 11) is 0. The summed E-state index contributed by atoms with van der Waals surface area (Å²) in [5.74, 6) is 0.854. The maximum atomic E-state index is 6.03. The molecule has 0 amide bonds. The third kappa shape index (κ3) is 2.55. The summed E-state index contributed by atoms with van der Waals surface area (Å²) >= 11 is 0. The first-order chi connectivity index (χ1) is 7.96. The zero-order chi connectivity index (χ0) is 12.6. The van der Waals surface area contributed by atoms with Gasteiger partial charge in [0.25, 0.3) is 0 Å². The predicted octanol–water partition coefficient (Wildman–Crippen LogP) is 3.53. The van der Waals surface area contributed by atoms with Gasteiger partial charge in [-0.1, -0.05) is 24.6 Å². The van der Waals surface area contributed by atoms with Crippen LogP contribution in [0.3, 0.4) is 0 Å². The maximum absolute atomic E-state index is 6.03. The molecule has 0 aromatic heterocycles. The van der Waals surface area contributed by atoms with Crippen molar-refractivity contribution in [1.29, 1.82) is 0 Å². The lowest BCUT2D eigenvalue weighted by molar-refractivity contribution is 0.281. The van der Waals surface area contributed by atoms with E-state index in [4.69, 9.17) is 5.73 Å². The molecule has 0 heterocycles. The SMILES string of the molecule is Cc1cc(C)c(CC(C)(CN)C2CC2)c(C)c1. The normalized spacial score (nSPS) is 19.1. The van der Waals surface area contributed by atoms with E-state index in [-0.39, 0.29) is 0 Å². The summed E-state index contributed by atoms with van der Waals surface area (Å²) < 4.78 is 0. The number of hydrogen-bond acceptors (Lipinski definition) is 1. The molecular weight excluding hydrogens is 206 g/mol. The van der Waals surface area contributed by atoms with Gasteiger partial charge < -0.3 is 5.73 Å². The molecule has 0 spiro atoms. The van der Waals surface area contributed by atoms with Gasteiger partial charge in [0.1, 0.15) is 0 Å². The van der Waals surface area contributed by atoms with Gasteiger partial charge >= 0.3 is 0 Å². The van der Waals surface area contributed by atoms with Crippen LogP contribution in [-0.4, -0.2) is 6.54 Å². The van der Waals surface area contributed by atoms with Crippen LogP contribution >= 0.6 is 0 Å². The van der Waals surface area contributed by atoms with E-state index in [0.29, 0.717) is 5.41 Å². The molecule has 0 saturated heterocycles. The second-order valence-electron chi connectivity index (χ2n) is 6.19. The molecule has 1 aliphatic carbocycles. The minimum absolute atomic E-state index is 0.310. The predicted molar refractivity (Wildman–Crippen MR) is 74.2 cm³/mol. The van der Waals surface area contributed by atoms with E-state index in [1.807, 2.05) is 0 Å². The van der Waals surface area contributed by atoms with E-state index >= 15 is 0 Å². The summed E-state index contributed by atoms with van der Waals surface area (Å²) in [5, 5.41) is 0. The molecule has 0 bridgehead atoms. The van der Waals surface area contributed by atoms with Crippen molar-refractivity contribution in [3.05, 3.63) is 34.4 Å². The van der Waals surface area contributed by atoms with Crippen molar-refractivity contribution in [3.8, 4) is 0 Å². The average Bonchev–Trinajstić information content (AvgIpc) is 3.07. The van der Waals surface area contributed by atoms with Crippen LogP contribution < -0.4 is 5.73 Å². The first-order valence-corrected chi connectivity index (χ1v) is 6.73. The van der Waals surface area contributed by atoms with Gasteiger partial charge in [0.05, 0.1) is 0 Å². The van der Waals surface area contributed by atoms with Gasteiger partial charge in [0.15, 0.2) is 0 Å². The van der Waals surface area contributed by atoms with E-state index in [1.54, 1.807) is 0 Å². The summed E-state index contributed by atoms with van der Waals surface area (Å²) in [6.07, 6.45) is 3.89. The minimum atomic E-state index is 0.310. The summed E-state index contributed by atoms with van der Waals surface area (Å²) in [6, 6.07) is 4.60. The van der Waals surface area contributed by atoms with Crippen molar-refractivity contribution in [2.24, 2.45) is 17.1 Å². The van der Waals surface area contributed by atoms with Crippen LogP contribution in [0.25, 0.3) is 0 Å². The van der Waals surface area contributed by atoms with Crippen LogP contribution in [0, 0.1) is 32.1 Å². The molecule has 1 unspecified atom stereocenters. The van der Waals surface area contributed by atoms with Crippen molar-refractivity contribution in [1.82, 2.24) is 0 Å². The molecule has 2 N–H and O–H groups in total. The zero-order valence-corrected chi connectivity index (χ0v) is 11.6. The van der Waals surface area contributed by atoms with Gasteiger partial charge in [0, 0.05) is 0 Å². The Morgan fingerprint density at radius 2 is 1.71 bits per heavy atom. The van der Waals surface area contributed by atoms with Crippen LogP contribution in [-0.2, 0) is 6.42 Å². The second kappa shape index (κ2) is 4.45. The molecule has 1 aromatic carbocycles. The van der Waals surface area contributed by atoms with Crippen LogP contribution in [0.2, 0.25) is 0 Å². The monoisotopic (exact) mass is 231 g/mol. The highest BCUT2D eigenvalue weighted by Crippen LogP contribution is 2.47. The van der Waals surface area contributed by atoms with Crippen LogP contribution in [0.1, 0.15) is 42.0 Å². The molecule has 1 saturated carbocycles. The Morgan fingerprint density at radius 3 is 2.12 bits per heavy atom. The van der Waals surface area contributed by atoms with Gasteiger partial charge in [-0.25, -0.2) is 0 Å². The first kappa shape index (κ1) is 12.6. The Labute approximate surface area is 105 Å². The Morgan fingerprint density at radius 1 is 1.18 bits per heavy atom. The lowest BCUT2D eigenvalue weighted by atomic mass is 9.77. The van der Waals surface area contributed by atoms with E-state index in [0.717, 1.165) is 18.9 Å². The standard InChI is InChI=1S/C16H25N/c1-11-7-12(2)15(13(3)8-11)9-16(4,10-17)14-5-6-14/h7-8,14H,5-6,9-10,17H2,1-4H3. The smallest absolute Gasteiger partial charge is 0.00173 e. The fourth-order valence-electron chi connectivity index (χ4n) is 3.06. The van der Waals surface area contributed by atoms with Crippen molar-refractivity contribution in [2.75, 3.05) is 6.54 Å². The van der Waals surface area contributed by atoms with Gasteiger partial charge in [-0.2, -0.15) is 0 Å². The number of nitrogens with two attached hydrogens (primary N) is 1. The fraction of sp³-hybridized carbons (Fsp3) is 0.625. The molecule has 0 aliphatic heterocycles. The van der Waals surface area contributed by atoms with Crippen molar-refractivity contribution in [2.45, 2.75) is 47.0 Å². The molecule has 17 heavy (non-hydrogen) atoms. The van der Waals surface area contributed by atoms with Gasteiger partial charge in [-0.3, -0.25) is 0 Å². The highest BCUT2D eigenvalue weighted by atomic mass is 14.6. The van der Waals surface area contributed by atoms with Crippen molar-refractivity contribution in [3.63, 3.8) is 0 Å². The van der Waals surface area contributed by atoms with Crippen molar-refractivity contribution < 1.29 is 0 Å². The van der Waals surface area contributed by atoms with E-state index in [2.05, 4.69) is 39.8 Å². The molecule has 1 atom stereocenters. The van der Waals surface area contributed by atoms with Gasteiger partial charge in [-0.15, -0.1) is 0 Å². The number of benzene rings is 1. The average molecular weight is 231 g/mol. The number of hydrogen-bond donors (Lipinski definition) is 1. The third-order valence-electron chi connectivity index (χ3n) is 4.45. The maximum Gasteiger partial charge on any atom is -0.00173 e. The molecule has 94 valence electrons. The molecule has 1 heteroatoms. The molecule has 1 aromatic rings.